The Kier molecular flexibility index (Phi) is 5.30. The van der Waals surface area contributed by atoms with Gasteiger partial charge in [0.15, 0.2) is 0 Å². The van der Waals surface area contributed by atoms with Crippen molar-refractivity contribution in [3.05, 3.63) is 12.7 Å². The van der Waals surface area contributed by atoms with Gasteiger partial charge in [-0.05, 0) is 18.3 Å². The SMILES string of the molecule is O=C(O)CC1(CNC(=O)CCn2cncn2)CCCCC1. The van der Waals surface area contributed by atoms with Crippen LogP contribution < -0.4 is 5.32 Å². The van der Waals surface area contributed by atoms with Gasteiger partial charge in [-0.15, -0.1) is 0 Å². The van der Waals surface area contributed by atoms with Gasteiger partial charge in [-0.1, -0.05) is 19.3 Å². The summed E-state index contributed by atoms with van der Waals surface area (Å²) in [5.74, 6) is -0.852. The van der Waals surface area contributed by atoms with Crippen LogP contribution in [0.15, 0.2) is 12.7 Å². The van der Waals surface area contributed by atoms with Crippen LogP contribution in [0.5, 0.6) is 0 Å². The maximum atomic E-state index is 11.9. The molecule has 1 fully saturated rings. The molecular weight excluding hydrogens is 272 g/mol. The molecule has 1 aliphatic rings. The number of carboxylic acids is 1. The Labute approximate surface area is 123 Å². The van der Waals surface area contributed by atoms with Crippen LogP contribution in [0.4, 0.5) is 0 Å². The number of hydrogen-bond acceptors (Lipinski definition) is 4. The molecule has 7 nitrogen and oxygen atoms in total. The molecule has 21 heavy (non-hydrogen) atoms. The fraction of sp³-hybridized carbons (Fsp3) is 0.714. The van der Waals surface area contributed by atoms with Gasteiger partial charge in [-0.2, -0.15) is 5.10 Å². The molecule has 0 unspecified atom stereocenters. The van der Waals surface area contributed by atoms with Gasteiger partial charge in [0, 0.05) is 13.0 Å². The van der Waals surface area contributed by atoms with Crippen molar-refractivity contribution in [1.29, 1.82) is 0 Å². The van der Waals surface area contributed by atoms with Crippen molar-refractivity contribution < 1.29 is 14.7 Å². The molecular formula is C14H22N4O3. The fourth-order valence-electron chi connectivity index (χ4n) is 2.98. The van der Waals surface area contributed by atoms with Crippen molar-refractivity contribution in [3.8, 4) is 0 Å². The van der Waals surface area contributed by atoms with Crippen molar-refractivity contribution in [2.24, 2.45) is 5.41 Å². The van der Waals surface area contributed by atoms with E-state index in [1.165, 1.54) is 6.33 Å². The quantitative estimate of drug-likeness (QED) is 0.787. The van der Waals surface area contributed by atoms with Gasteiger partial charge in [-0.3, -0.25) is 14.3 Å². The average Bonchev–Trinajstić information content (AvgIpc) is 2.96. The summed E-state index contributed by atoms with van der Waals surface area (Å²) in [6.07, 6.45) is 8.46. The van der Waals surface area contributed by atoms with Crippen LogP contribution in [-0.4, -0.2) is 38.3 Å². The molecule has 0 atom stereocenters. The second-order valence-electron chi connectivity index (χ2n) is 5.82. The summed E-state index contributed by atoms with van der Waals surface area (Å²) in [7, 11) is 0. The zero-order valence-corrected chi connectivity index (χ0v) is 12.1. The van der Waals surface area contributed by atoms with E-state index in [1.807, 2.05) is 0 Å². The number of carboxylic acid groups (broad SMARTS) is 1. The van der Waals surface area contributed by atoms with Crippen LogP contribution in [0.2, 0.25) is 0 Å². The lowest BCUT2D eigenvalue weighted by Crippen LogP contribution is -2.40. The highest BCUT2D eigenvalue weighted by molar-refractivity contribution is 5.76. The summed E-state index contributed by atoms with van der Waals surface area (Å²) in [6, 6.07) is 0. The number of carbonyl (C=O) groups excluding carboxylic acids is 1. The minimum atomic E-state index is -0.784. The molecule has 0 saturated heterocycles. The summed E-state index contributed by atoms with van der Waals surface area (Å²) in [6.45, 7) is 0.938. The predicted molar refractivity (Wildman–Crippen MR) is 75.4 cm³/mol. The Morgan fingerprint density at radius 1 is 1.29 bits per heavy atom. The first-order valence-electron chi connectivity index (χ1n) is 7.41. The lowest BCUT2D eigenvalue weighted by atomic mass is 9.71. The van der Waals surface area contributed by atoms with Crippen LogP contribution in [0.3, 0.4) is 0 Å². The van der Waals surface area contributed by atoms with Crippen LogP contribution in [0.1, 0.15) is 44.9 Å². The monoisotopic (exact) mass is 294 g/mol. The van der Waals surface area contributed by atoms with Gasteiger partial charge in [0.2, 0.25) is 5.91 Å². The molecule has 2 N–H and O–H groups in total. The molecule has 1 aromatic rings. The minimum absolute atomic E-state index is 0.0687. The zero-order chi connectivity index (χ0) is 15.1. The topological polar surface area (TPSA) is 97.1 Å². The first-order chi connectivity index (χ1) is 10.1. The highest BCUT2D eigenvalue weighted by Gasteiger charge is 2.34. The summed E-state index contributed by atoms with van der Waals surface area (Å²) in [4.78, 5) is 26.8. The Morgan fingerprint density at radius 2 is 2.05 bits per heavy atom. The maximum absolute atomic E-state index is 11.9. The summed E-state index contributed by atoms with van der Waals surface area (Å²) in [5.41, 5.74) is -0.271. The highest BCUT2D eigenvalue weighted by atomic mass is 16.4. The third kappa shape index (κ3) is 4.84. The van der Waals surface area contributed by atoms with Crippen LogP contribution in [-0.2, 0) is 16.1 Å². The van der Waals surface area contributed by atoms with Gasteiger partial charge in [0.05, 0.1) is 13.0 Å². The lowest BCUT2D eigenvalue weighted by Gasteiger charge is -2.36. The molecule has 1 saturated carbocycles. The largest absolute Gasteiger partial charge is 0.481 e. The molecule has 0 spiro atoms. The van der Waals surface area contributed by atoms with Gasteiger partial charge < -0.3 is 10.4 Å². The van der Waals surface area contributed by atoms with E-state index in [-0.39, 0.29) is 17.7 Å². The average molecular weight is 294 g/mol. The number of aromatic nitrogens is 3. The van der Waals surface area contributed by atoms with Gasteiger partial charge in [-0.25, -0.2) is 4.98 Å². The smallest absolute Gasteiger partial charge is 0.303 e. The zero-order valence-electron chi connectivity index (χ0n) is 12.1. The van der Waals surface area contributed by atoms with Gasteiger partial charge >= 0.3 is 5.97 Å². The second kappa shape index (κ2) is 7.19. The third-order valence-electron chi connectivity index (χ3n) is 4.14. The van der Waals surface area contributed by atoms with E-state index in [1.54, 1.807) is 11.0 Å². The van der Waals surface area contributed by atoms with Crippen molar-refractivity contribution >= 4 is 11.9 Å². The van der Waals surface area contributed by atoms with E-state index in [9.17, 15) is 9.59 Å². The number of hydrogen-bond donors (Lipinski definition) is 2. The van der Waals surface area contributed by atoms with E-state index in [0.29, 0.717) is 19.5 Å². The van der Waals surface area contributed by atoms with Crippen molar-refractivity contribution in [1.82, 2.24) is 20.1 Å². The van der Waals surface area contributed by atoms with E-state index >= 15 is 0 Å². The standard InChI is InChI=1S/C14H22N4O3/c19-12(4-7-18-11-15-10-17-18)16-9-14(8-13(20)21)5-2-1-3-6-14/h10-11H,1-9H2,(H,16,19)(H,20,21). The number of aliphatic carboxylic acids is 1. The molecule has 0 radical (unpaired) electrons. The molecule has 0 aromatic carbocycles. The van der Waals surface area contributed by atoms with Crippen LogP contribution >= 0.6 is 0 Å². The van der Waals surface area contributed by atoms with E-state index in [4.69, 9.17) is 5.11 Å². The summed E-state index contributed by atoms with van der Waals surface area (Å²) >= 11 is 0. The normalized spacial score (nSPS) is 17.3. The van der Waals surface area contributed by atoms with Crippen LogP contribution in [0, 0.1) is 5.41 Å². The van der Waals surface area contributed by atoms with Crippen molar-refractivity contribution in [2.45, 2.75) is 51.5 Å². The number of aryl methyl sites for hydroxylation is 1. The number of nitrogens with one attached hydrogen (secondary N) is 1. The van der Waals surface area contributed by atoms with E-state index in [2.05, 4.69) is 15.4 Å². The second-order valence-corrected chi connectivity index (χ2v) is 5.82. The first-order valence-corrected chi connectivity index (χ1v) is 7.41. The van der Waals surface area contributed by atoms with Crippen LogP contribution in [0.25, 0.3) is 0 Å². The van der Waals surface area contributed by atoms with E-state index < -0.39 is 5.97 Å². The Hall–Kier alpha value is -1.92. The Balaban J connectivity index is 1.80. The van der Waals surface area contributed by atoms with E-state index in [0.717, 1.165) is 32.1 Å². The van der Waals surface area contributed by atoms with Gasteiger partial charge in [0.25, 0.3) is 0 Å². The number of amides is 1. The number of rotatable bonds is 7. The predicted octanol–water partition coefficient (Wildman–Crippen LogP) is 1.21. The highest BCUT2D eigenvalue weighted by Crippen LogP contribution is 2.38. The molecule has 7 heteroatoms. The molecule has 2 rings (SSSR count). The summed E-state index contributed by atoms with van der Waals surface area (Å²) in [5, 5.41) is 15.9. The Morgan fingerprint density at radius 3 is 2.67 bits per heavy atom. The Bertz CT molecular complexity index is 467. The fourth-order valence-corrected chi connectivity index (χ4v) is 2.98. The molecule has 1 amide bonds. The van der Waals surface area contributed by atoms with Crippen molar-refractivity contribution in [2.75, 3.05) is 6.54 Å². The van der Waals surface area contributed by atoms with Crippen molar-refractivity contribution in [3.63, 3.8) is 0 Å². The maximum Gasteiger partial charge on any atom is 0.303 e. The number of carbonyl (C=O) groups is 2. The molecule has 116 valence electrons. The molecule has 0 aliphatic heterocycles. The molecule has 1 aliphatic carbocycles. The molecule has 0 bridgehead atoms. The summed E-state index contributed by atoms with van der Waals surface area (Å²) < 4.78 is 1.60. The minimum Gasteiger partial charge on any atom is -0.481 e. The molecule has 1 heterocycles. The first kappa shape index (κ1) is 15.5. The van der Waals surface area contributed by atoms with Gasteiger partial charge in [0.1, 0.15) is 12.7 Å². The number of nitrogens with zero attached hydrogens (tertiary/aromatic N) is 3. The lowest BCUT2D eigenvalue weighted by molar-refractivity contribution is -0.140. The third-order valence-corrected chi connectivity index (χ3v) is 4.14. The molecule has 1 aromatic heterocycles.